The fourth-order valence-electron chi connectivity index (χ4n) is 1.70. The lowest BCUT2D eigenvalue weighted by Gasteiger charge is -2.34. The summed E-state index contributed by atoms with van der Waals surface area (Å²) in [5, 5.41) is 2.60. The topological polar surface area (TPSA) is 72.2 Å². The van der Waals surface area contributed by atoms with E-state index in [1.54, 1.807) is 0 Å². The van der Waals surface area contributed by atoms with Crippen molar-refractivity contribution in [3.8, 4) is 0 Å². The second-order valence-electron chi connectivity index (χ2n) is 6.87. The summed E-state index contributed by atoms with van der Waals surface area (Å²) >= 11 is 0. The van der Waals surface area contributed by atoms with E-state index in [2.05, 4.69) is 26.1 Å². The summed E-state index contributed by atoms with van der Waals surface area (Å²) in [5.41, 5.74) is 4.97. The fourth-order valence-corrected chi connectivity index (χ4v) is 1.70. The van der Waals surface area contributed by atoms with Crippen LogP contribution in [0.15, 0.2) is 0 Å². The highest BCUT2D eigenvalue weighted by atomic mass is 16.2. The minimum absolute atomic E-state index is 0.0714. The zero-order valence-corrected chi connectivity index (χ0v) is 11.9. The molecule has 0 rings (SSSR count). The monoisotopic (exact) mass is 242 g/mol. The lowest BCUT2D eigenvalue weighted by Crippen LogP contribution is -2.43. The van der Waals surface area contributed by atoms with Crippen molar-refractivity contribution in [2.24, 2.45) is 22.5 Å². The summed E-state index contributed by atoms with van der Waals surface area (Å²) in [6.07, 6.45) is 0.779. The molecular formula is C13H26N2O2. The zero-order valence-electron chi connectivity index (χ0n) is 11.9. The van der Waals surface area contributed by atoms with Crippen LogP contribution in [0, 0.1) is 16.7 Å². The first-order valence-electron chi connectivity index (χ1n) is 5.99. The van der Waals surface area contributed by atoms with E-state index in [4.69, 9.17) is 5.73 Å². The van der Waals surface area contributed by atoms with Gasteiger partial charge in [-0.3, -0.25) is 9.59 Å². The van der Waals surface area contributed by atoms with Crippen molar-refractivity contribution in [1.82, 2.24) is 5.32 Å². The first-order chi connectivity index (χ1) is 7.43. The number of carbonyl (C=O) groups excluding carboxylic acids is 2. The first kappa shape index (κ1) is 15.9. The number of hydrogen-bond acceptors (Lipinski definition) is 2. The van der Waals surface area contributed by atoms with E-state index in [0.717, 1.165) is 6.42 Å². The summed E-state index contributed by atoms with van der Waals surface area (Å²) in [5.74, 6) is -0.727. The summed E-state index contributed by atoms with van der Waals surface area (Å²) in [7, 11) is 0. The van der Waals surface area contributed by atoms with Gasteiger partial charge in [0, 0.05) is 5.92 Å². The Morgan fingerprint density at radius 3 is 1.88 bits per heavy atom. The molecule has 0 fully saturated rings. The lowest BCUT2D eigenvalue weighted by atomic mass is 9.71. The van der Waals surface area contributed by atoms with Crippen LogP contribution in [0.3, 0.4) is 0 Å². The molecule has 4 heteroatoms. The first-order valence-corrected chi connectivity index (χ1v) is 5.99. The summed E-state index contributed by atoms with van der Waals surface area (Å²) in [6, 6.07) is 0. The largest absolute Gasteiger partial charge is 0.368 e. The normalized spacial score (nSPS) is 14.2. The quantitative estimate of drug-likeness (QED) is 0.787. The zero-order chi connectivity index (χ0) is 13.9. The van der Waals surface area contributed by atoms with Gasteiger partial charge in [-0.2, -0.15) is 0 Å². The highest BCUT2D eigenvalue weighted by Gasteiger charge is 2.34. The molecule has 0 aliphatic rings. The molecule has 0 bridgehead atoms. The minimum Gasteiger partial charge on any atom is -0.368 e. The van der Waals surface area contributed by atoms with Gasteiger partial charge >= 0.3 is 0 Å². The fraction of sp³-hybridized carbons (Fsp3) is 0.846. The van der Waals surface area contributed by atoms with Gasteiger partial charge in [-0.05, 0) is 17.3 Å². The molecule has 0 saturated heterocycles. The van der Waals surface area contributed by atoms with Crippen molar-refractivity contribution >= 4 is 11.8 Å². The van der Waals surface area contributed by atoms with Gasteiger partial charge < -0.3 is 11.1 Å². The molecular weight excluding hydrogens is 216 g/mol. The van der Waals surface area contributed by atoms with Gasteiger partial charge in [0.15, 0.2) is 0 Å². The highest BCUT2D eigenvalue weighted by molar-refractivity contribution is 5.85. The molecule has 0 saturated carbocycles. The molecule has 0 heterocycles. The molecule has 17 heavy (non-hydrogen) atoms. The second-order valence-corrected chi connectivity index (χ2v) is 6.87. The standard InChI is InChI=1S/C13H26N2O2/c1-12(2,3)7-9(13(4,5)6)11(17)15-8-10(14)16/h9H,7-8H2,1-6H3,(H2,14,16)(H,15,17). The average molecular weight is 242 g/mol. The smallest absolute Gasteiger partial charge is 0.236 e. The van der Waals surface area contributed by atoms with Crippen molar-refractivity contribution in [3.63, 3.8) is 0 Å². The molecule has 0 aliphatic carbocycles. The number of hydrogen-bond donors (Lipinski definition) is 2. The predicted molar refractivity (Wildman–Crippen MR) is 69.2 cm³/mol. The van der Waals surface area contributed by atoms with Crippen LogP contribution in [0.25, 0.3) is 0 Å². The molecule has 0 aromatic carbocycles. The van der Waals surface area contributed by atoms with Gasteiger partial charge in [-0.15, -0.1) is 0 Å². The van der Waals surface area contributed by atoms with Gasteiger partial charge in [-0.1, -0.05) is 41.5 Å². The number of amides is 2. The molecule has 1 atom stereocenters. The van der Waals surface area contributed by atoms with Gasteiger partial charge in [0.05, 0.1) is 6.54 Å². The average Bonchev–Trinajstić information content (AvgIpc) is 2.07. The molecule has 0 aromatic heterocycles. The number of carbonyl (C=O) groups is 2. The van der Waals surface area contributed by atoms with E-state index in [0.29, 0.717) is 0 Å². The van der Waals surface area contributed by atoms with Crippen molar-refractivity contribution in [2.45, 2.75) is 48.0 Å². The summed E-state index contributed by atoms with van der Waals surface area (Å²) < 4.78 is 0. The van der Waals surface area contributed by atoms with E-state index in [-0.39, 0.29) is 29.2 Å². The lowest BCUT2D eigenvalue weighted by molar-refractivity contribution is -0.131. The van der Waals surface area contributed by atoms with E-state index in [1.807, 2.05) is 20.8 Å². The SMILES string of the molecule is CC(C)(C)CC(C(=O)NCC(N)=O)C(C)(C)C. The summed E-state index contributed by atoms with van der Waals surface area (Å²) in [4.78, 5) is 22.7. The number of nitrogens with one attached hydrogen (secondary N) is 1. The van der Waals surface area contributed by atoms with Crippen molar-refractivity contribution < 1.29 is 9.59 Å². The van der Waals surface area contributed by atoms with Crippen LogP contribution in [0.5, 0.6) is 0 Å². The number of rotatable bonds is 4. The molecule has 0 aliphatic heterocycles. The van der Waals surface area contributed by atoms with E-state index in [9.17, 15) is 9.59 Å². The molecule has 0 radical (unpaired) electrons. The molecule has 4 nitrogen and oxygen atoms in total. The van der Waals surface area contributed by atoms with Gasteiger partial charge in [-0.25, -0.2) is 0 Å². The van der Waals surface area contributed by atoms with Crippen molar-refractivity contribution in [1.29, 1.82) is 0 Å². The van der Waals surface area contributed by atoms with Crippen LogP contribution in [-0.2, 0) is 9.59 Å². The van der Waals surface area contributed by atoms with Crippen LogP contribution in [-0.4, -0.2) is 18.4 Å². The second kappa shape index (κ2) is 5.52. The molecule has 2 amide bonds. The molecule has 1 unspecified atom stereocenters. The number of primary amides is 1. The highest BCUT2D eigenvalue weighted by Crippen LogP contribution is 2.35. The van der Waals surface area contributed by atoms with Crippen molar-refractivity contribution in [2.75, 3.05) is 6.54 Å². The van der Waals surface area contributed by atoms with Crippen LogP contribution >= 0.6 is 0 Å². The molecule has 0 aromatic rings. The van der Waals surface area contributed by atoms with Crippen LogP contribution < -0.4 is 11.1 Å². The van der Waals surface area contributed by atoms with Crippen molar-refractivity contribution in [3.05, 3.63) is 0 Å². The van der Waals surface area contributed by atoms with Gasteiger partial charge in [0.1, 0.15) is 0 Å². The third-order valence-corrected chi connectivity index (χ3v) is 2.62. The van der Waals surface area contributed by atoms with Gasteiger partial charge in [0.25, 0.3) is 0 Å². The van der Waals surface area contributed by atoms with E-state index >= 15 is 0 Å². The van der Waals surface area contributed by atoms with E-state index < -0.39 is 5.91 Å². The minimum atomic E-state index is -0.512. The molecule has 0 spiro atoms. The Morgan fingerprint density at radius 1 is 1.12 bits per heavy atom. The third kappa shape index (κ3) is 6.97. The Kier molecular flexibility index (Phi) is 5.17. The molecule has 100 valence electrons. The van der Waals surface area contributed by atoms with Crippen LogP contribution in [0.2, 0.25) is 0 Å². The maximum absolute atomic E-state index is 12.1. The number of nitrogens with two attached hydrogens (primary N) is 1. The maximum Gasteiger partial charge on any atom is 0.236 e. The Morgan fingerprint density at radius 2 is 1.59 bits per heavy atom. The van der Waals surface area contributed by atoms with Gasteiger partial charge in [0.2, 0.25) is 11.8 Å². The predicted octanol–water partition coefficient (Wildman–Crippen LogP) is 1.69. The van der Waals surface area contributed by atoms with E-state index in [1.165, 1.54) is 0 Å². The Balaban J connectivity index is 4.70. The Bertz CT molecular complexity index is 285. The van der Waals surface area contributed by atoms with Crippen LogP contribution in [0.1, 0.15) is 48.0 Å². The Labute approximate surface area is 104 Å². The Hall–Kier alpha value is -1.06. The maximum atomic E-state index is 12.1. The third-order valence-electron chi connectivity index (χ3n) is 2.62. The molecule has 3 N–H and O–H groups in total. The summed E-state index contributed by atoms with van der Waals surface area (Å²) in [6.45, 7) is 12.3. The van der Waals surface area contributed by atoms with Crippen LogP contribution in [0.4, 0.5) is 0 Å².